The smallest absolute Gasteiger partial charge is 0.262 e. The van der Waals surface area contributed by atoms with Crippen molar-refractivity contribution in [3.63, 3.8) is 0 Å². The lowest BCUT2D eigenvalue weighted by atomic mass is 10.4. The first-order chi connectivity index (χ1) is 8.34. The second kappa shape index (κ2) is 5.81. The monoisotopic (exact) mass is 275 g/mol. The van der Waals surface area contributed by atoms with Crippen molar-refractivity contribution >= 4 is 10.0 Å². The highest BCUT2D eigenvalue weighted by atomic mass is 32.2. The summed E-state index contributed by atoms with van der Waals surface area (Å²) in [7, 11) is -3.63. The minimum Gasteiger partial charge on any atom is -0.395 e. The van der Waals surface area contributed by atoms with Gasteiger partial charge < -0.3 is 9.67 Å². The minimum atomic E-state index is -3.63. The van der Waals surface area contributed by atoms with E-state index in [2.05, 4.69) is 4.98 Å². The third-order valence-electron chi connectivity index (χ3n) is 2.76. The molecule has 0 saturated carbocycles. The molecule has 7 heteroatoms. The SMILES string of the molecule is CCn1cc(S(=O)(=O)N(CCO)C(C)C)nc1C. The largest absolute Gasteiger partial charge is 0.395 e. The van der Waals surface area contributed by atoms with E-state index in [9.17, 15) is 8.42 Å². The number of aromatic nitrogens is 2. The summed E-state index contributed by atoms with van der Waals surface area (Å²) in [4.78, 5) is 4.09. The second-order valence-electron chi connectivity index (χ2n) is 4.35. The number of hydrogen-bond acceptors (Lipinski definition) is 4. The Hall–Kier alpha value is -0.920. The van der Waals surface area contributed by atoms with Gasteiger partial charge in [-0.05, 0) is 27.7 Å². The molecular formula is C11H21N3O3S. The predicted octanol–water partition coefficient (Wildman–Crippen LogP) is 0.603. The molecule has 1 N–H and O–H groups in total. The molecule has 0 spiro atoms. The first-order valence-corrected chi connectivity index (χ1v) is 7.45. The van der Waals surface area contributed by atoms with Crippen molar-refractivity contribution in [1.82, 2.24) is 13.9 Å². The molecule has 0 aliphatic heterocycles. The van der Waals surface area contributed by atoms with Crippen LogP contribution in [-0.2, 0) is 16.6 Å². The second-order valence-corrected chi connectivity index (χ2v) is 6.18. The lowest BCUT2D eigenvalue weighted by Gasteiger charge is -2.23. The van der Waals surface area contributed by atoms with Gasteiger partial charge in [0.2, 0.25) is 0 Å². The van der Waals surface area contributed by atoms with Crippen molar-refractivity contribution in [3.05, 3.63) is 12.0 Å². The summed E-state index contributed by atoms with van der Waals surface area (Å²) in [5.41, 5.74) is 0. The Bertz CT molecular complexity index is 494. The molecule has 18 heavy (non-hydrogen) atoms. The third kappa shape index (κ3) is 2.90. The van der Waals surface area contributed by atoms with Gasteiger partial charge in [0.15, 0.2) is 5.03 Å². The number of aliphatic hydroxyl groups is 1. The maximum Gasteiger partial charge on any atom is 0.262 e. The topological polar surface area (TPSA) is 75.4 Å². The molecular weight excluding hydrogens is 254 g/mol. The number of aryl methyl sites for hydroxylation is 2. The Morgan fingerprint density at radius 3 is 2.50 bits per heavy atom. The van der Waals surface area contributed by atoms with Gasteiger partial charge in [0.25, 0.3) is 10.0 Å². The highest BCUT2D eigenvalue weighted by Crippen LogP contribution is 2.17. The van der Waals surface area contributed by atoms with E-state index in [1.165, 1.54) is 10.5 Å². The van der Waals surface area contributed by atoms with E-state index in [1.54, 1.807) is 25.3 Å². The van der Waals surface area contributed by atoms with Crippen LogP contribution in [0.2, 0.25) is 0 Å². The van der Waals surface area contributed by atoms with Crippen LogP contribution in [0.3, 0.4) is 0 Å². The molecule has 0 saturated heterocycles. The number of nitrogens with zero attached hydrogens (tertiary/aromatic N) is 3. The van der Waals surface area contributed by atoms with Crippen LogP contribution in [0, 0.1) is 6.92 Å². The Morgan fingerprint density at radius 2 is 2.11 bits per heavy atom. The van der Waals surface area contributed by atoms with Crippen molar-refractivity contribution < 1.29 is 13.5 Å². The fourth-order valence-corrected chi connectivity index (χ4v) is 3.42. The quantitative estimate of drug-likeness (QED) is 0.825. The van der Waals surface area contributed by atoms with Crippen LogP contribution in [-0.4, -0.2) is 46.6 Å². The van der Waals surface area contributed by atoms with Crippen molar-refractivity contribution in [2.45, 2.75) is 45.3 Å². The molecule has 0 aliphatic carbocycles. The van der Waals surface area contributed by atoms with Gasteiger partial charge in [0.05, 0.1) is 6.61 Å². The molecule has 0 atom stereocenters. The normalized spacial score (nSPS) is 12.6. The van der Waals surface area contributed by atoms with E-state index < -0.39 is 10.0 Å². The zero-order valence-electron chi connectivity index (χ0n) is 11.3. The van der Waals surface area contributed by atoms with Crippen LogP contribution < -0.4 is 0 Å². The number of sulfonamides is 1. The average Bonchev–Trinajstić information content (AvgIpc) is 2.67. The molecule has 1 rings (SSSR count). The van der Waals surface area contributed by atoms with E-state index >= 15 is 0 Å². The molecule has 0 unspecified atom stereocenters. The summed E-state index contributed by atoms with van der Waals surface area (Å²) in [6.45, 7) is 7.81. The van der Waals surface area contributed by atoms with Crippen LogP contribution in [0.1, 0.15) is 26.6 Å². The van der Waals surface area contributed by atoms with E-state index in [1.807, 2.05) is 6.92 Å². The summed E-state index contributed by atoms with van der Waals surface area (Å²) in [6, 6.07) is -0.214. The summed E-state index contributed by atoms with van der Waals surface area (Å²) >= 11 is 0. The summed E-state index contributed by atoms with van der Waals surface area (Å²) < 4.78 is 27.8. The van der Waals surface area contributed by atoms with Gasteiger partial charge in [0.1, 0.15) is 5.82 Å². The van der Waals surface area contributed by atoms with Gasteiger partial charge in [-0.2, -0.15) is 4.31 Å². The van der Waals surface area contributed by atoms with Crippen LogP contribution in [0.5, 0.6) is 0 Å². The Kier molecular flexibility index (Phi) is 4.89. The predicted molar refractivity (Wildman–Crippen MR) is 68.8 cm³/mol. The van der Waals surface area contributed by atoms with E-state index in [0.29, 0.717) is 12.4 Å². The molecule has 0 aromatic carbocycles. The number of imidazole rings is 1. The molecule has 0 aliphatic rings. The first-order valence-electron chi connectivity index (χ1n) is 6.01. The van der Waals surface area contributed by atoms with Gasteiger partial charge >= 0.3 is 0 Å². The Labute approximate surface area is 108 Å². The lowest BCUT2D eigenvalue weighted by Crippen LogP contribution is -2.39. The molecule has 0 fully saturated rings. The molecule has 1 heterocycles. The first kappa shape index (κ1) is 15.1. The fourth-order valence-electron chi connectivity index (χ4n) is 1.80. The van der Waals surface area contributed by atoms with Gasteiger partial charge in [-0.3, -0.25) is 0 Å². The van der Waals surface area contributed by atoms with Crippen LogP contribution in [0.4, 0.5) is 0 Å². The van der Waals surface area contributed by atoms with Gasteiger partial charge in [-0.25, -0.2) is 13.4 Å². The van der Waals surface area contributed by atoms with E-state index in [-0.39, 0.29) is 24.2 Å². The van der Waals surface area contributed by atoms with Gasteiger partial charge in [0, 0.05) is 25.3 Å². The van der Waals surface area contributed by atoms with Crippen molar-refractivity contribution in [2.75, 3.05) is 13.2 Å². The zero-order chi connectivity index (χ0) is 13.9. The Morgan fingerprint density at radius 1 is 1.50 bits per heavy atom. The van der Waals surface area contributed by atoms with Crippen LogP contribution in [0.15, 0.2) is 11.2 Å². The summed E-state index contributed by atoms with van der Waals surface area (Å²) in [5, 5.41) is 9.02. The van der Waals surface area contributed by atoms with E-state index in [4.69, 9.17) is 5.11 Å². The van der Waals surface area contributed by atoms with Crippen LogP contribution in [0.25, 0.3) is 0 Å². The van der Waals surface area contributed by atoms with Gasteiger partial charge in [-0.15, -0.1) is 0 Å². The molecule has 0 radical (unpaired) electrons. The molecule has 0 amide bonds. The van der Waals surface area contributed by atoms with Crippen molar-refractivity contribution in [1.29, 1.82) is 0 Å². The summed E-state index contributed by atoms with van der Waals surface area (Å²) in [5.74, 6) is 0.670. The molecule has 6 nitrogen and oxygen atoms in total. The van der Waals surface area contributed by atoms with Crippen molar-refractivity contribution in [3.8, 4) is 0 Å². The highest BCUT2D eigenvalue weighted by Gasteiger charge is 2.29. The standard InChI is InChI=1S/C11H21N3O3S/c1-5-13-8-11(12-10(13)4)18(16,17)14(6-7-15)9(2)3/h8-9,15H,5-7H2,1-4H3. The molecule has 1 aromatic rings. The van der Waals surface area contributed by atoms with Crippen molar-refractivity contribution in [2.24, 2.45) is 0 Å². The number of hydrogen-bond donors (Lipinski definition) is 1. The number of aliphatic hydroxyl groups excluding tert-OH is 1. The average molecular weight is 275 g/mol. The fraction of sp³-hybridized carbons (Fsp3) is 0.727. The molecule has 1 aromatic heterocycles. The minimum absolute atomic E-state index is 0.0454. The third-order valence-corrected chi connectivity index (χ3v) is 4.71. The van der Waals surface area contributed by atoms with Gasteiger partial charge in [-0.1, -0.05) is 0 Å². The Balaban J connectivity index is 3.17. The molecule has 104 valence electrons. The maximum atomic E-state index is 12.4. The lowest BCUT2D eigenvalue weighted by molar-refractivity contribution is 0.236. The highest BCUT2D eigenvalue weighted by molar-refractivity contribution is 7.89. The maximum absolute atomic E-state index is 12.4. The number of rotatable bonds is 6. The molecule has 0 bridgehead atoms. The van der Waals surface area contributed by atoms with Crippen LogP contribution >= 0.6 is 0 Å². The summed E-state index contributed by atoms with van der Waals surface area (Å²) in [6.07, 6.45) is 1.54. The van der Waals surface area contributed by atoms with E-state index in [0.717, 1.165) is 0 Å². The zero-order valence-corrected chi connectivity index (χ0v) is 12.1.